The summed E-state index contributed by atoms with van der Waals surface area (Å²) in [5.41, 5.74) is 4.61. The standard InChI is InChI=1S/C45H37N3O4S/c1-2-42(45(51)48-40-19-11-9-17-37(40)38-18-10-12-20-41(38)48)53-36-27-23-34(24-28-36)46-44(50)39(47-43(49)33-15-7-4-8-16-33)29-31-21-25-35(26-22-31)52-30-32-13-5-3-6-14-32/h3-29,42H,2,30H2,1H3,(H,46,50)(H,47,49)/b39-29-. The highest BCUT2D eigenvalue weighted by atomic mass is 32.2. The molecular weight excluding hydrogens is 679 g/mol. The van der Waals surface area contributed by atoms with Gasteiger partial charge in [0.2, 0.25) is 5.91 Å². The van der Waals surface area contributed by atoms with Crippen LogP contribution in [0, 0.1) is 0 Å². The zero-order valence-electron chi connectivity index (χ0n) is 29.1. The van der Waals surface area contributed by atoms with Crippen molar-refractivity contribution in [2.24, 2.45) is 0 Å². The van der Waals surface area contributed by atoms with E-state index in [1.165, 1.54) is 11.8 Å². The van der Waals surface area contributed by atoms with E-state index in [1.54, 1.807) is 42.5 Å². The molecule has 1 heterocycles. The lowest BCUT2D eigenvalue weighted by atomic mass is 10.1. The number of aromatic nitrogens is 1. The molecule has 7 rings (SSSR count). The van der Waals surface area contributed by atoms with E-state index in [4.69, 9.17) is 4.74 Å². The monoisotopic (exact) mass is 715 g/mol. The summed E-state index contributed by atoms with van der Waals surface area (Å²) in [4.78, 5) is 41.8. The lowest BCUT2D eigenvalue weighted by Crippen LogP contribution is -2.30. The molecule has 0 spiro atoms. The molecule has 262 valence electrons. The molecule has 0 aliphatic heterocycles. The minimum Gasteiger partial charge on any atom is -0.489 e. The Bertz CT molecular complexity index is 2350. The van der Waals surface area contributed by atoms with Gasteiger partial charge in [-0.2, -0.15) is 0 Å². The van der Waals surface area contributed by atoms with Crippen molar-refractivity contribution in [2.75, 3.05) is 5.32 Å². The first kappa shape index (κ1) is 35.0. The van der Waals surface area contributed by atoms with Gasteiger partial charge in [-0.25, -0.2) is 0 Å². The average molecular weight is 716 g/mol. The van der Waals surface area contributed by atoms with Crippen LogP contribution >= 0.6 is 11.8 Å². The zero-order valence-corrected chi connectivity index (χ0v) is 29.9. The van der Waals surface area contributed by atoms with Crippen molar-refractivity contribution in [3.8, 4) is 5.75 Å². The third-order valence-electron chi connectivity index (χ3n) is 8.81. The van der Waals surface area contributed by atoms with E-state index in [9.17, 15) is 14.4 Å². The summed E-state index contributed by atoms with van der Waals surface area (Å²) in [5, 5.41) is 7.49. The van der Waals surface area contributed by atoms with Crippen LogP contribution in [0.15, 0.2) is 168 Å². The third kappa shape index (κ3) is 8.24. The smallest absolute Gasteiger partial charge is 0.272 e. The van der Waals surface area contributed by atoms with Gasteiger partial charge in [0.05, 0.1) is 16.3 Å². The van der Waals surface area contributed by atoms with Crippen molar-refractivity contribution in [3.05, 3.63) is 180 Å². The quantitative estimate of drug-likeness (QED) is 0.0971. The summed E-state index contributed by atoms with van der Waals surface area (Å²) >= 11 is 1.50. The van der Waals surface area contributed by atoms with Crippen molar-refractivity contribution in [1.82, 2.24) is 9.88 Å². The van der Waals surface area contributed by atoms with Crippen LogP contribution in [0.1, 0.15) is 39.6 Å². The van der Waals surface area contributed by atoms with E-state index in [1.807, 2.05) is 121 Å². The Labute approximate surface area is 312 Å². The van der Waals surface area contributed by atoms with Gasteiger partial charge in [-0.3, -0.25) is 19.0 Å². The molecule has 0 saturated heterocycles. The van der Waals surface area contributed by atoms with Crippen LogP contribution in [0.2, 0.25) is 0 Å². The van der Waals surface area contributed by atoms with E-state index in [0.717, 1.165) is 32.3 Å². The molecule has 7 aromatic rings. The second-order valence-corrected chi connectivity index (χ2v) is 13.7. The van der Waals surface area contributed by atoms with E-state index < -0.39 is 11.8 Å². The lowest BCUT2D eigenvalue weighted by Gasteiger charge is -2.16. The first-order valence-electron chi connectivity index (χ1n) is 17.4. The third-order valence-corrected chi connectivity index (χ3v) is 10.2. The van der Waals surface area contributed by atoms with Crippen LogP contribution in [0.5, 0.6) is 5.75 Å². The molecule has 0 bridgehead atoms. The molecule has 2 N–H and O–H groups in total. The van der Waals surface area contributed by atoms with Gasteiger partial charge < -0.3 is 15.4 Å². The lowest BCUT2D eigenvalue weighted by molar-refractivity contribution is -0.113. The zero-order chi connectivity index (χ0) is 36.6. The molecule has 6 aromatic carbocycles. The minimum absolute atomic E-state index is 0.0204. The number of anilines is 1. The normalized spacial score (nSPS) is 12.0. The number of nitrogens with zero attached hydrogens (tertiary/aromatic N) is 1. The number of ether oxygens (including phenoxy) is 1. The Morgan fingerprint density at radius 3 is 1.91 bits per heavy atom. The van der Waals surface area contributed by atoms with Gasteiger partial charge in [0, 0.05) is 26.9 Å². The van der Waals surface area contributed by atoms with Crippen LogP contribution < -0.4 is 15.4 Å². The number of fused-ring (bicyclic) bond motifs is 3. The summed E-state index contributed by atoms with van der Waals surface area (Å²) in [6.45, 7) is 2.45. The molecule has 1 atom stereocenters. The van der Waals surface area contributed by atoms with Crippen LogP contribution in [-0.2, 0) is 11.4 Å². The predicted octanol–water partition coefficient (Wildman–Crippen LogP) is 9.99. The maximum absolute atomic E-state index is 14.0. The fourth-order valence-electron chi connectivity index (χ4n) is 6.10. The van der Waals surface area contributed by atoms with Gasteiger partial charge in [-0.1, -0.05) is 104 Å². The van der Waals surface area contributed by atoms with Crippen LogP contribution in [-0.4, -0.2) is 27.5 Å². The molecule has 8 heteroatoms. The van der Waals surface area contributed by atoms with Gasteiger partial charge >= 0.3 is 0 Å². The minimum atomic E-state index is -0.480. The first-order valence-corrected chi connectivity index (χ1v) is 18.3. The Morgan fingerprint density at radius 1 is 0.698 bits per heavy atom. The first-order chi connectivity index (χ1) is 26.0. The fourth-order valence-corrected chi connectivity index (χ4v) is 7.10. The predicted molar refractivity (Wildman–Crippen MR) is 214 cm³/mol. The molecular formula is C45H37N3O4S. The molecule has 0 aliphatic carbocycles. The van der Waals surface area contributed by atoms with Gasteiger partial charge in [-0.15, -0.1) is 11.8 Å². The number of carbonyl (C=O) groups is 3. The molecule has 53 heavy (non-hydrogen) atoms. The topological polar surface area (TPSA) is 89.4 Å². The maximum atomic E-state index is 14.0. The number of nitrogens with one attached hydrogen (secondary N) is 2. The second kappa shape index (κ2) is 16.3. The van der Waals surface area contributed by atoms with E-state index in [-0.39, 0.29) is 16.9 Å². The summed E-state index contributed by atoms with van der Waals surface area (Å²) in [5.74, 6) is -0.176. The Kier molecular flexibility index (Phi) is 10.8. The number of thioether (sulfide) groups is 1. The highest BCUT2D eigenvalue weighted by molar-refractivity contribution is 8.00. The number of hydrogen-bond donors (Lipinski definition) is 2. The number of rotatable bonds is 12. The van der Waals surface area contributed by atoms with Crippen molar-refractivity contribution >= 4 is 63.1 Å². The average Bonchev–Trinajstić information content (AvgIpc) is 3.55. The number of amides is 2. The highest BCUT2D eigenvalue weighted by Crippen LogP contribution is 2.33. The van der Waals surface area contributed by atoms with Gasteiger partial charge in [0.15, 0.2) is 0 Å². The SMILES string of the molecule is CCC(Sc1ccc(NC(=O)/C(=C/c2ccc(OCc3ccccc3)cc2)NC(=O)c2ccccc2)cc1)C(=O)n1c2ccccc2c2ccccc21. The van der Waals surface area contributed by atoms with Gasteiger partial charge in [-0.05, 0) is 84.3 Å². The summed E-state index contributed by atoms with van der Waals surface area (Å²) in [6, 6.07) is 49.3. The molecule has 0 radical (unpaired) electrons. The molecule has 0 aliphatic rings. The van der Waals surface area contributed by atoms with Crippen molar-refractivity contribution < 1.29 is 19.1 Å². The number of carbonyl (C=O) groups excluding carboxylic acids is 3. The molecule has 0 fully saturated rings. The van der Waals surface area contributed by atoms with Gasteiger partial charge in [0.1, 0.15) is 18.1 Å². The summed E-state index contributed by atoms with van der Waals surface area (Å²) in [7, 11) is 0. The molecule has 7 nitrogen and oxygen atoms in total. The largest absolute Gasteiger partial charge is 0.489 e. The highest BCUT2D eigenvalue weighted by Gasteiger charge is 2.24. The number of para-hydroxylation sites is 2. The second-order valence-electron chi connectivity index (χ2n) is 12.4. The van der Waals surface area contributed by atoms with Crippen molar-refractivity contribution in [1.29, 1.82) is 0 Å². The molecule has 1 aromatic heterocycles. The van der Waals surface area contributed by atoms with Crippen LogP contribution in [0.3, 0.4) is 0 Å². The number of benzene rings is 6. The van der Waals surface area contributed by atoms with Crippen molar-refractivity contribution in [2.45, 2.75) is 30.1 Å². The fraction of sp³-hybridized carbons (Fsp3) is 0.0889. The van der Waals surface area contributed by atoms with Crippen molar-refractivity contribution in [3.63, 3.8) is 0 Å². The number of hydrogen-bond acceptors (Lipinski definition) is 5. The summed E-state index contributed by atoms with van der Waals surface area (Å²) < 4.78 is 7.75. The molecule has 2 amide bonds. The molecule has 1 unspecified atom stereocenters. The van der Waals surface area contributed by atoms with E-state index in [0.29, 0.717) is 35.6 Å². The van der Waals surface area contributed by atoms with Crippen LogP contribution in [0.25, 0.3) is 27.9 Å². The Morgan fingerprint density at radius 2 is 1.28 bits per heavy atom. The van der Waals surface area contributed by atoms with Crippen LogP contribution in [0.4, 0.5) is 5.69 Å². The summed E-state index contributed by atoms with van der Waals surface area (Å²) in [6.07, 6.45) is 2.27. The van der Waals surface area contributed by atoms with Gasteiger partial charge in [0.25, 0.3) is 11.8 Å². The van der Waals surface area contributed by atoms with E-state index >= 15 is 0 Å². The Hall–Kier alpha value is -6.38. The van der Waals surface area contributed by atoms with E-state index in [2.05, 4.69) is 22.8 Å². The maximum Gasteiger partial charge on any atom is 0.272 e. The Balaban J connectivity index is 1.06. The molecule has 0 saturated carbocycles.